The molecule has 2 aliphatic heterocycles. The van der Waals surface area contributed by atoms with Gasteiger partial charge in [0.05, 0.1) is 18.9 Å². The Morgan fingerprint density at radius 2 is 1.93 bits per heavy atom. The van der Waals surface area contributed by atoms with Gasteiger partial charge in [0.1, 0.15) is 17.3 Å². The van der Waals surface area contributed by atoms with Crippen LogP contribution in [0, 0.1) is 5.82 Å². The molecule has 4 nitrogen and oxygen atoms in total. The van der Waals surface area contributed by atoms with Gasteiger partial charge in [-0.2, -0.15) is 5.10 Å². The summed E-state index contributed by atoms with van der Waals surface area (Å²) < 4.78 is 26.4. The molecule has 29 heavy (non-hydrogen) atoms. The molecule has 6 heteroatoms. The molecule has 0 saturated carbocycles. The third kappa shape index (κ3) is 3.27. The minimum atomic E-state index is -0.486. The molecule has 2 heterocycles. The molecule has 0 aromatic heterocycles. The Labute approximate surface area is 176 Å². The lowest BCUT2D eigenvalue weighted by molar-refractivity contribution is -0.0192. The van der Waals surface area contributed by atoms with Gasteiger partial charge in [-0.3, -0.25) is 0 Å². The first-order valence-electron chi connectivity index (χ1n) is 9.34. The number of ether oxygens (including phenoxy) is 2. The molecule has 0 aliphatic carbocycles. The lowest BCUT2D eigenvalue weighted by Gasteiger charge is -2.38. The average Bonchev–Trinajstić information content (AvgIpc) is 3.19. The van der Waals surface area contributed by atoms with E-state index in [1.165, 1.54) is 12.1 Å². The number of halogens is 2. The van der Waals surface area contributed by atoms with Gasteiger partial charge in [0.2, 0.25) is 6.23 Å². The molecular weight excluding hydrogens is 435 g/mol. The van der Waals surface area contributed by atoms with Crippen LogP contribution in [-0.2, 0) is 0 Å². The third-order valence-corrected chi connectivity index (χ3v) is 5.80. The van der Waals surface area contributed by atoms with Crippen molar-refractivity contribution >= 4 is 21.6 Å². The first kappa shape index (κ1) is 18.2. The second-order valence-corrected chi connectivity index (χ2v) is 8.00. The number of fused-ring (bicyclic) bond motifs is 3. The second kappa shape index (κ2) is 7.19. The van der Waals surface area contributed by atoms with E-state index in [-0.39, 0.29) is 11.9 Å². The maximum absolute atomic E-state index is 13.9. The topological polar surface area (TPSA) is 34.1 Å². The van der Waals surface area contributed by atoms with Crippen LogP contribution >= 0.6 is 15.9 Å². The Bertz CT molecular complexity index is 1100. The maximum Gasteiger partial charge on any atom is 0.213 e. The van der Waals surface area contributed by atoms with E-state index in [4.69, 9.17) is 14.6 Å². The highest BCUT2D eigenvalue weighted by molar-refractivity contribution is 9.10. The fourth-order valence-electron chi connectivity index (χ4n) is 3.90. The number of rotatable bonds is 3. The molecule has 3 aromatic carbocycles. The van der Waals surface area contributed by atoms with Crippen LogP contribution in [0.4, 0.5) is 4.39 Å². The number of hydrogen-bond donors (Lipinski definition) is 0. The molecule has 0 radical (unpaired) electrons. The van der Waals surface area contributed by atoms with Gasteiger partial charge in [-0.15, -0.1) is 0 Å². The zero-order chi connectivity index (χ0) is 20.0. The third-order valence-electron chi connectivity index (χ3n) is 5.31. The molecular formula is C23H18BrFN2O2. The minimum absolute atomic E-state index is 0.0154. The summed E-state index contributed by atoms with van der Waals surface area (Å²) in [5, 5.41) is 6.85. The van der Waals surface area contributed by atoms with Gasteiger partial charge in [-0.1, -0.05) is 28.1 Å². The lowest BCUT2D eigenvalue weighted by Crippen LogP contribution is -2.33. The molecule has 0 unspecified atom stereocenters. The van der Waals surface area contributed by atoms with Crippen molar-refractivity contribution in [3.63, 3.8) is 0 Å². The summed E-state index contributed by atoms with van der Waals surface area (Å²) in [6.45, 7) is 0. The number of hydrazone groups is 1. The van der Waals surface area contributed by atoms with Crippen molar-refractivity contribution in [1.29, 1.82) is 0 Å². The van der Waals surface area contributed by atoms with Crippen LogP contribution in [0.5, 0.6) is 11.5 Å². The van der Waals surface area contributed by atoms with Gasteiger partial charge in [-0.25, -0.2) is 9.40 Å². The van der Waals surface area contributed by atoms with Gasteiger partial charge in [0.25, 0.3) is 0 Å². The molecule has 0 N–H and O–H groups in total. The molecule has 0 amide bonds. The molecule has 2 atom stereocenters. The van der Waals surface area contributed by atoms with Crippen LogP contribution in [0.2, 0.25) is 0 Å². The van der Waals surface area contributed by atoms with E-state index in [0.29, 0.717) is 0 Å². The van der Waals surface area contributed by atoms with E-state index in [1.807, 2.05) is 47.5 Å². The molecule has 0 fully saturated rings. The summed E-state index contributed by atoms with van der Waals surface area (Å²) >= 11 is 3.56. The highest BCUT2D eigenvalue weighted by Crippen LogP contribution is 2.48. The quantitative estimate of drug-likeness (QED) is 0.500. The van der Waals surface area contributed by atoms with Crippen molar-refractivity contribution in [2.75, 3.05) is 7.11 Å². The number of benzene rings is 3. The zero-order valence-corrected chi connectivity index (χ0v) is 17.3. The fourth-order valence-corrected chi connectivity index (χ4v) is 4.27. The standard InChI is InChI=1S/C23H18BrFN2O2/c1-28-18-8-5-14(6-9-18)20-13-21-19-12-16(24)7-10-22(19)29-23(27(21)26-20)15-3-2-4-17(25)11-15/h2-12,21,23H,13H2,1H3/t21-,23-/m0/s1. The van der Waals surface area contributed by atoms with Crippen molar-refractivity contribution in [3.05, 3.63) is 93.7 Å². The largest absolute Gasteiger partial charge is 0.497 e. The highest BCUT2D eigenvalue weighted by atomic mass is 79.9. The van der Waals surface area contributed by atoms with Crippen LogP contribution < -0.4 is 9.47 Å². The summed E-state index contributed by atoms with van der Waals surface area (Å²) in [5.41, 5.74) is 3.81. The van der Waals surface area contributed by atoms with Crippen molar-refractivity contribution < 1.29 is 13.9 Å². The molecule has 0 bridgehead atoms. The van der Waals surface area contributed by atoms with E-state index >= 15 is 0 Å². The number of methoxy groups -OCH3 is 1. The Morgan fingerprint density at radius 3 is 2.69 bits per heavy atom. The van der Waals surface area contributed by atoms with Crippen LogP contribution in [0.3, 0.4) is 0 Å². The first-order chi connectivity index (χ1) is 14.1. The Morgan fingerprint density at radius 1 is 1.10 bits per heavy atom. The van der Waals surface area contributed by atoms with Crippen molar-refractivity contribution in [2.24, 2.45) is 5.10 Å². The van der Waals surface area contributed by atoms with Gasteiger partial charge >= 0.3 is 0 Å². The predicted molar refractivity (Wildman–Crippen MR) is 113 cm³/mol. The summed E-state index contributed by atoms with van der Waals surface area (Å²) in [5.74, 6) is 1.32. The summed E-state index contributed by atoms with van der Waals surface area (Å²) in [6, 6.07) is 20.4. The van der Waals surface area contributed by atoms with Crippen molar-refractivity contribution in [1.82, 2.24) is 5.01 Å². The summed E-state index contributed by atoms with van der Waals surface area (Å²) in [4.78, 5) is 0. The van der Waals surface area contributed by atoms with Gasteiger partial charge in [-0.05, 0) is 60.2 Å². The predicted octanol–water partition coefficient (Wildman–Crippen LogP) is 5.84. The van der Waals surface area contributed by atoms with Crippen LogP contribution in [-0.4, -0.2) is 17.8 Å². The molecule has 0 saturated heterocycles. The average molecular weight is 453 g/mol. The van der Waals surface area contributed by atoms with Crippen LogP contribution in [0.1, 0.15) is 35.4 Å². The van der Waals surface area contributed by atoms with Crippen molar-refractivity contribution in [2.45, 2.75) is 18.7 Å². The highest BCUT2D eigenvalue weighted by Gasteiger charge is 2.41. The normalized spacial score (nSPS) is 19.8. The SMILES string of the molecule is COc1ccc(C2=NN3[C@@H](C2)c2cc(Br)ccc2O[C@H]3c2cccc(F)c2)cc1. The van der Waals surface area contributed by atoms with Crippen molar-refractivity contribution in [3.8, 4) is 11.5 Å². The Hall–Kier alpha value is -2.86. The van der Waals surface area contributed by atoms with Gasteiger partial charge in [0, 0.05) is 22.0 Å². The zero-order valence-electron chi connectivity index (χ0n) is 15.7. The molecule has 0 spiro atoms. The lowest BCUT2D eigenvalue weighted by atomic mass is 9.96. The summed E-state index contributed by atoms with van der Waals surface area (Å²) in [7, 11) is 1.65. The molecule has 2 aliphatic rings. The second-order valence-electron chi connectivity index (χ2n) is 7.08. The van der Waals surface area contributed by atoms with E-state index in [1.54, 1.807) is 13.2 Å². The summed E-state index contributed by atoms with van der Waals surface area (Å²) in [6.07, 6.45) is 0.255. The Balaban J connectivity index is 1.58. The van der Waals surface area contributed by atoms with Crippen LogP contribution in [0.25, 0.3) is 0 Å². The van der Waals surface area contributed by atoms with E-state index < -0.39 is 6.23 Å². The maximum atomic E-state index is 13.9. The van der Waals surface area contributed by atoms with Crippen LogP contribution in [0.15, 0.2) is 76.3 Å². The monoisotopic (exact) mass is 452 g/mol. The van der Waals surface area contributed by atoms with E-state index in [0.717, 1.165) is 44.8 Å². The van der Waals surface area contributed by atoms with E-state index in [2.05, 4.69) is 22.0 Å². The first-order valence-corrected chi connectivity index (χ1v) is 10.1. The van der Waals surface area contributed by atoms with Gasteiger partial charge in [0.15, 0.2) is 0 Å². The molecule has 5 rings (SSSR count). The van der Waals surface area contributed by atoms with E-state index in [9.17, 15) is 4.39 Å². The Kier molecular flexibility index (Phi) is 4.51. The number of hydrogen-bond acceptors (Lipinski definition) is 4. The molecule has 146 valence electrons. The minimum Gasteiger partial charge on any atom is -0.497 e. The fraction of sp³-hybridized carbons (Fsp3) is 0.174. The number of nitrogens with zero attached hydrogens (tertiary/aromatic N) is 2. The smallest absolute Gasteiger partial charge is 0.213 e. The molecule has 3 aromatic rings. The van der Waals surface area contributed by atoms with Gasteiger partial charge < -0.3 is 9.47 Å².